The monoisotopic (exact) mass is 425 g/mol. The number of hydrogen-bond donors (Lipinski definition) is 0. The van der Waals surface area contributed by atoms with Gasteiger partial charge in [-0.1, -0.05) is 23.9 Å². The summed E-state index contributed by atoms with van der Waals surface area (Å²) in [7, 11) is 5.25. The Hall–Kier alpha value is -2.80. The highest BCUT2D eigenvalue weighted by Crippen LogP contribution is 2.21. The topological polar surface area (TPSA) is 66.2 Å². The number of hydrogen-bond acceptors (Lipinski definition) is 6. The zero-order chi connectivity index (χ0) is 21.5. The van der Waals surface area contributed by atoms with Gasteiger partial charge >= 0.3 is 0 Å². The highest BCUT2D eigenvalue weighted by Gasteiger charge is 2.13. The number of ketones is 1. The maximum Gasteiger partial charge on any atom is 0.191 e. The number of carbonyl (C=O) groups excluding carboxylic acids is 1. The van der Waals surface area contributed by atoms with E-state index >= 15 is 0 Å². The van der Waals surface area contributed by atoms with Crippen molar-refractivity contribution in [1.29, 1.82) is 0 Å². The van der Waals surface area contributed by atoms with E-state index in [-0.39, 0.29) is 5.78 Å². The molecular formula is C23H27N3O3S. The van der Waals surface area contributed by atoms with Crippen LogP contribution in [0.2, 0.25) is 0 Å². The summed E-state index contributed by atoms with van der Waals surface area (Å²) in [5.74, 6) is 2.96. The van der Waals surface area contributed by atoms with Crippen LogP contribution < -0.4 is 9.47 Å². The Morgan fingerprint density at radius 1 is 1.03 bits per heavy atom. The third-order valence-corrected chi connectivity index (χ3v) is 6.01. The smallest absolute Gasteiger partial charge is 0.191 e. The maximum absolute atomic E-state index is 12.4. The van der Waals surface area contributed by atoms with Gasteiger partial charge in [0.1, 0.15) is 17.3 Å². The molecule has 0 fully saturated rings. The van der Waals surface area contributed by atoms with Crippen LogP contribution in [0.15, 0.2) is 47.6 Å². The second kappa shape index (κ2) is 10.3. The molecule has 0 spiro atoms. The molecule has 1 aromatic heterocycles. The van der Waals surface area contributed by atoms with Crippen molar-refractivity contribution in [3.05, 3.63) is 65.0 Å². The van der Waals surface area contributed by atoms with Crippen molar-refractivity contribution in [3.63, 3.8) is 0 Å². The van der Waals surface area contributed by atoms with Crippen LogP contribution in [0.1, 0.15) is 33.7 Å². The third-order valence-electron chi connectivity index (χ3n) is 4.99. The molecule has 0 aliphatic heterocycles. The Morgan fingerprint density at radius 2 is 1.80 bits per heavy atom. The zero-order valence-corrected chi connectivity index (χ0v) is 18.7. The summed E-state index contributed by atoms with van der Waals surface area (Å²) in [5, 5.41) is 9.32. The van der Waals surface area contributed by atoms with E-state index in [9.17, 15) is 4.79 Å². The normalized spacial score (nSPS) is 10.8. The Morgan fingerprint density at radius 3 is 2.47 bits per heavy atom. The lowest BCUT2D eigenvalue weighted by atomic mass is 10.0. The first-order valence-electron chi connectivity index (χ1n) is 9.83. The lowest BCUT2D eigenvalue weighted by Crippen LogP contribution is -2.05. The third kappa shape index (κ3) is 5.42. The highest BCUT2D eigenvalue weighted by molar-refractivity contribution is 7.99. The van der Waals surface area contributed by atoms with Crippen molar-refractivity contribution >= 4 is 17.5 Å². The Balaban J connectivity index is 1.51. The summed E-state index contributed by atoms with van der Waals surface area (Å²) < 4.78 is 12.4. The number of carbonyl (C=O) groups is 1. The molecule has 3 aromatic rings. The predicted molar refractivity (Wildman–Crippen MR) is 119 cm³/mol. The maximum atomic E-state index is 12.4. The molecule has 0 N–H and O–H groups in total. The number of thioether (sulfide) groups is 1. The van der Waals surface area contributed by atoms with E-state index in [4.69, 9.17) is 9.47 Å². The molecule has 0 aliphatic carbocycles. The largest absolute Gasteiger partial charge is 0.497 e. The van der Waals surface area contributed by atoms with Gasteiger partial charge in [-0.2, -0.15) is 0 Å². The lowest BCUT2D eigenvalue weighted by molar-refractivity contribution is 0.102. The molecule has 3 rings (SSSR count). The van der Waals surface area contributed by atoms with Crippen LogP contribution in [0, 0.1) is 6.92 Å². The van der Waals surface area contributed by atoms with E-state index < -0.39 is 0 Å². The molecule has 6 nitrogen and oxygen atoms in total. The van der Waals surface area contributed by atoms with Gasteiger partial charge in [-0.05, 0) is 61.2 Å². The minimum absolute atomic E-state index is 0.0575. The average molecular weight is 426 g/mol. The fraction of sp³-hybridized carbons (Fsp3) is 0.348. The minimum Gasteiger partial charge on any atom is -0.497 e. The summed E-state index contributed by atoms with van der Waals surface area (Å²) in [4.78, 5) is 12.4. The van der Waals surface area contributed by atoms with Gasteiger partial charge in [0.05, 0.1) is 20.0 Å². The molecule has 2 aromatic carbocycles. The van der Waals surface area contributed by atoms with Crippen molar-refractivity contribution in [2.75, 3.05) is 20.0 Å². The predicted octanol–water partition coefficient (Wildman–Crippen LogP) is 4.29. The fourth-order valence-corrected chi connectivity index (χ4v) is 4.05. The number of Topliss-reactive ketones (excluding diaryl/α,β-unsaturated/α-hetero) is 1. The van der Waals surface area contributed by atoms with Crippen LogP contribution >= 0.6 is 11.8 Å². The van der Waals surface area contributed by atoms with E-state index in [0.717, 1.165) is 47.3 Å². The standard InChI is InChI=1S/C23H27N3O3S/c1-16-14-17(8-13-21(16)29-4)6-5-7-22-24-25-23(26(22)2)30-15-20(27)18-9-11-19(28-3)12-10-18/h8-14H,5-7,15H2,1-4H3. The van der Waals surface area contributed by atoms with Gasteiger partial charge in [-0.3, -0.25) is 4.79 Å². The van der Waals surface area contributed by atoms with Crippen molar-refractivity contribution in [2.24, 2.45) is 7.05 Å². The Bertz CT molecular complexity index is 999. The van der Waals surface area contributed by atoms with E-state index in [1.165, 1.54) is 17.3 Å². The molecule has 0 saturated carbocycles. The average Bonchev–Trinajstić information content (AvgIpc) is 3.11. The number of methoxy groups -OCH3 is 2. The molecule has 0 aliphatic rings. The first-order valence-corrected chi connectivity index (χ1v) is 10.8. The number of nitrogens with zero attached hydrogens (tertiary/aromatic N) is 3. The molecule has 7 heteroatoms. The molecule has 0 bridgehead atoms. The second-order valence-electron chi connectivity index (χ2n) is 7.06. The summed E-state index contributed by atoms with van der Waals surface area (Å²) in [6, 6.07) is 13.4. The van der Waals surface area contributed by atoms with Crippen LogP contribution in [0.4, 0.5) is 0 Å². The van der Waals surface area contributed by atoms with Gasteiger partial charge in [-0.15, -0.1) is 10.2 Å². The lowest BCUT2D eigenvalue weighted by Gasteiger charge is -2.07. The van der Waals surface area contributed by atoms with Crippen molar-refractivity contribution in [1.82, 2.24) is 14.8 Å². The summed E-state index contributed by atoms with van der Waals surface area (Å²) in [6.07, 6.45) is 2.78. The molecule has 0 unspecified atom stereocenters. The van der Waals surface area contributed by atoms with Crippen LogP contribution in [0.5, 0.6) is 11.5 Å². The SMILES string of the molecule is COc1ccc(C(=O)CSc2nnc(CCCc3ccc(OC)c(C)c3)n2C)cc1. The van der Waals surface area contributed by atoms with E-state index in [2.05, 4.69) is 29.3 Å². The van der Waals surface area contributed by atoms with Crippen molar-refractivity contribution in [3.8, 4) is 11.5 Å². The summed E-state index contributed by atoms with van der Waals surface area (Å²) >= 11 is 1.41. The molecule has 0 amide bonds. The van der Waals surface area contributed by atoms with Crippen LogP contribution in [-0.2, 0) is 19.9 Å². The van der Waals surface area contributed by atoms with Gasteiger partial charge in [-0.25, -0.2) is 0 Å². The van der Waals surface area contributed by atoms with Crippen molar-refractivity contribution in [2.45, 2.75) is 31.3 Å². The first-order chi connectivity index (χ1) is 14.5. The van der Waals surface area contributed by atoms with Crippen molar-refractivity contribution < 1.29 is 14.3 Å². The molecule has 1 heterocycles. The zero-order valence-electron chi connectivity index (χ0n) is 17.8. The van der Waals surface area contributed by atoms with Gasteiger partial charge in [0.2, 0.25) is 0 Å². The van der Waals surface area contributed by atoms with Gasteiger partial charge < -0.3 is 14.0 Å². The summed E-state index contributed by atoms with van der Waals surface area (Å²) in [5.41, 5.74) is 3.10. The Labute approximate surface area is 181 Å². The fourth-order valence-electron chi connectivity index (χ4n) is 3.23. The number of ether oxygens (including phenoxy) is 2. The van der Waals surface area contributed by atoms with E-state index in [1.807, 2.05) is 17.7 Å². The van der Waals surface area contributed by atoms with Gasteiger partial charge in [0.15, 0.2) is 10.9 Å². The first kappa shape index (κ1) is 21.9. The Kier molecular flexibility index (Phi) is 7.52. The molecule has 158 valence electrons. The molecule has 30 heavy (non-hydrogen) atoms. The van der Waals surface area contributed by atoms with E-state index in [0.29, 0.717) is 11.3 Å². The van der Waals surface area contributed by atoms with Crippen LogP contribution in [-0.4, -0.2) is 40.5 Å². The molecule has 0 saturated heterocycles. The summed E-state index contributed by atoms with van der Waals surface area (Å²) in [6.45, 7) is 2.06. The molecule has 0 radical (unpaired) electrons. The van der Waals surface area contributed by atoms with E-state index in [1.54, 1.807) is 38.5 Å². The van der Waals surface area contributed by atoms with Gasteiger partial charge in [0.25, 0.3) is 0 Å². The van der Waals surface area contributed by atoms with Crippen LogP contribution in [0.3, 0.4) is 0 Å². The quantitative estimate of drug-likeness (QED) is 0.357. The minimum atomic E-state index is 0.0575. The number of rotatable bonds is 10. The van der Waals surface area contributed by atoms with Gasteiger partial charge in [0, 0.05) is 19.0 Å². The number of aryl methyl sites for hydroxylation is 3. The molecule has 0 atom stereocenters. The van der Waals surface area contributed by atoms with Crippen LogP contribution in [0.25, 0.3) is 0 Å². The highest BCUT2D eigenvalue weighted by atomic mass is 32.2. The number of benzene rings is 2. The molecular weight excluding hydrogens is 398 g/mol. The second-order valence-corrected chi connectivity index (χ2v) is 8.00. The number of aromatic nitrogens is 3.